The maximum atomic E-state index is 11.6. The molecule has 0 heterocycles. The van der Waals surface area contributed by atoms with Crippen LogP contribution in [-0.2, 0) is 0 Å². The molecule has 0 aliphatic heterocycles. The number of urea groups is 2. The van der Waals surface area contributed by atoms with Gasteiger partial charge in [-0.05, 0) is 35.4 Å². The van der Waals surface area contributed by atoms with E-state index in [0.29, 0.717) is 36.2 Å². The van der Waals surface area contributed by atoms with Crippen LogP contribution in [0.4, 0.5) is 21.0 Å². The lowest BCUT2D eigenvalue weighted by atomic mass is 10.1. The van der Waals surface area contributed by atoms with E-state index in [0.717, 1.165) is 11.1 Å². The molecule has 2 aromatic carbocycles. The number of hydrogen-bond donors (Lipinski definition) is 4. The topological polar surface area (TPSA) is 82.3 Å². The molecule has 0 aliphatic carbocycles. The van der Waals surface area contributed by atoms with E-state index >= 15 is 0 Å². The molecule has 0 bridgehead atoms. The summed E-state index contributed by atoms with van der Waals surface area (Å²) in [6.07, 6.45) is 0. The van der Waals surface area contributed by atoms with E-state index < -0.39 is 0 Å². The van der Waals surface area contributed by atoms with Gasteiger partial charge in [0.15, 0.2) is 0 Å². The van der Waals surface area contributed by atoms with Crippen molar-refractivity contribution < 1.29 is 9.59 Å². The van der Waals surface area contributed by atoms with E-state index in [1.807, 2.05) is 48.5 Å². The quantitative estimate of drug-likeness (QED) is 0.533. The molecule has 0 saturated heterocycles. The average molecular weight is 395 g/mol. The lowest BCUT2D eigenvalue weighted by Crippen LogP contribution is -2.30. The molecule has 0 saturated carbocycles. The number of hydrogen-bond acceptors (Lipinski definition) is 2. The maximum absolute atomic E-state index is 11.6. The van der Waals surface area contributed by atoms with E-state index in [1.54, 1.807) is 0 Å². The van der Waals surface area contributed by atoms with Gasteiger partial charge in [-0.25, -0.2) is 9.59 Å². The van der Waals surface area contributed by atoms with Gasteiger partial charge < -0.3 is 21.3 Å². The molecule has 0 atom stereocenters. The highest BCUT2D eigenvalue weighted by molar-refractivity contribution is 6.18. The number of nitrogens with one attached hydrogen (secondary N) is 4. The molecule has 0 aliphatic rings. The standard InChI is InChI=1S/C18H20Cl2N4O2/c19-9-11-21-17(25)23-15-5-1-13(2-6-15)14-3-7-16(8-4-14)24-18(26)22-12-10-20/h1-8H,9-12H2,(H2,21,23,25)(H2,22,24,26). The van der Waals surface area contributed by atoms with E-state index in [-0.39, 0.29) is 12.1 Å². The highest BCUT2D eigenvalue weighted by Crippen LogP contribution is 2.23. The Morgan fingerprint density at radius 2 is 1.00 bits per heavy atom. The van der Waals surface area contributed by atoms with Crippen molar-refractivity contribution in [2.75, 3.05) is 35.5 Å². The van der Waals surface area contributed by atoms with Gasteiger partial charge in [0.1, 0.15) is 0 Å². The predicted molar refractivity (Wildman–Crippen MR) is 107 cm³/mol. The van der Waals surface area contributed by atoms with Crippen LogP contribution in [0.5, 0.6) is 0 Å². The van der Waals surface area contributed by atoms with Crippen molar-refractivity contribution in [3.8, 4) is 11.1 Å². The minimum Gasteiger partial charge on any atom is -0.337 e. The van der Waals surface area contributed by atoms with Crippen LogP contribution in [0.25, 0.3) is 11.1 Å². The number of halogens is 2. The maximum Gasteiger partial charge on any atom is 0.319 e. The number of anilines is 2. The van der Waals surface area contributed by atoms with Crippen LogP contribution in [0, 0.1) is 0 Å². The first-order chi connectivity index (χ1) is 12.6. The van der Waals surface area contributed by atoms with Crippen LogP contribution in [0.3, 0.4) is 0 Å². The minimum absolute atomic E-state index is 0.290. The monoisotopic (exact) mass is 394 g/mol. The smallest absolute Gasteiger partial charge is 0.319 e. The van der Waals surface area contributed by atoms with E-state index in [4.69, 9.17) is 23.2 Å². The zero-order chi connectivity index (χ0) is 18.8. The number of benzene rings is 2. The summed E-state index contributed by atoms with van der Waals surface area (Å²) in [4.78, 5) is 23.2. The number of amides is 4. The van der Waals surface area contributed by atoms with Gasteiger partial charge in [-0.3, -0.25) is 0 Å². The Morgan fingerprint density at radius 3 is 1.31 bits per heavy atom. The fourth-order valence-electron chi connectivity index (χ4n) is 2.16. The fraction of sp³-hybridized carbons (Fsp3) is 0.222. The van der Waals surface area contributed by atoms with Crippen LogP contribution in [0.2, 0.25) is 0 Å². The van der Waals surface area contributed by atoms with Crippen molar-refractivity contribution in [1.82, 2.24) is 10.6 Å². The van der Waals surface area contributed by atoms with Gasteiger partial charge in [0, 0.05) is 36.2 Å². The van der Waals surface area contributed by atoms with Gasteiger partial charge in [-0.1, -0.05) is 24.3 Å². The summed E-state index contributed by atoms with van der Waals surface area (Å²) in [6.45, 7) is 0.825. The van der Waals surface area contributed by atoms with E-state index in [9.17, 15) is 9.59 Å². The average Bonchev–Trinajstić information content (AvgIpc) is 2.66. The normalized spacial score (nSPS) is 10.1. The third-order valence-electron chi connectivity index (χ3n) is 3.38. The SMILES string of the molecule is O=C(NCCCl)Nc1ccc(-c2ccc(NC(=O)NCCCl)cc2)cc1. The van der Waals surface area contributed by atoms with Crippen molar-refractivity contribution >= 4 is 46.6 Å². The summed E-state index contributed by atoms with van der Waals surface area (Å²) in [5.74, 6) is 0.733. The van der Waals surface area contributed by atoms with Gasteiger partial charge in [0.05, 0.1) is 0 Å². The van der Waals surface area contributed by atoms with Gasteiger partial charge >= 0.3 is 12.1 Å². The third kappa shape index (κ3) is 6.46. The van der Waals surface area contributed by atoms with E-state index in [1.165, 1.54) is 0 Å². The lowest BCUT2D eigenvalue weighted by Gasteiger charge is -2.09. The molecule has 0 fully saturated rings. The summed E-state index contributed by atoms with van der Waals surface area (Å²) >= 11 is 11.0. The number of rotatable bonds is 7. The number of carbonyl (C=O) groups excluding carboxylic acids is 2. The lowest BCUT2D eigenvalue weighted by molar-refractivity contribution is 0.252. The molecule has 8 heteroatoms. The molecular weight excluding hydrogens is 375 g/mol. The van der Waals surface area contributed by atoms with E-state index in [2.05, 4.69) is 21.3 Å². The highest BCUT2D eigenvalue weighted by atomic mass is 35.5. The van der Waals surface area contributed by atoms with Gasteiger partial charge in [0.2, 0.25) is 0 Å². The Kier molecular flexibility index (Phi) is 8.05. The molecule has 26 heavy (non-hydrogen) atoms. The summed E-state index contributed by atoms with van der Waals surface area (Å²) in [7, 11) is 0. The second-order valence-corrected chi connectivity index (χ2v) is 6.05. The zero-order valence-corrected chi connectivity index (χ0v) is 15.5. The molecule has 138 valence electrons. The van der Waals surface area contributed by atoms with Crippen molar-refractivity contribution in [1.29, 1.82) is 0 Å². The minimum atomic E-state index is -0.290. The Balaban J connectivity index is 1.94. The largest absolute Gasteiger partial charge is 0.337 e. The Labute approximate surface area is 162 Å². The number of carbonyl (C=O) groups is 2. The van der Waals surface area contributed by atoms with Gasteiger partial charge in [0.25, 0.3) is 0 Å². The molecule has 0 spiro atoms. The summed E-state index contributed by atoms with van der Waals surface area (Å²) in [5.41, 5.74) is 3.37. The Bertz CT molecular complexity index is 657. The molecule has 2 rings (SSSR count). The second-order valence-electron chi connectivity index (χ2n) is 5.29. The first kappa shape index (κ1) is 19.9. The van der Waals surface area contributed by atoms with Crippen molar-refractivity contribution in [2.45, 2.75) is 0 Å². The van der Waals surface area contributed by atoms with Crippen molar-refractivity contribution in [2.24, 2.45) is 0 Å². The number of alkyl halides is 2. The van der Waals surface area contributed by atoms with Crippen LogP contribution in [0.1, 0.15) is 0 Å². The first-order valence-electron chi connectivity index (χ1n) is 8.04. The molecular formula is C18H20Cl2N4O2. The van der Waals surface area contributed by atoms with Crippen molar-refractivity contribution in [3.63, 3.8) is 0 Å². The second kappa shape index (κ2) is 10.5. The molecule has 0 radical (unpaired) electrons. The van der Waals surface area contributed by atoms with Gasteiger partial charge in [-0.2, -0.15) is 0 Å². The highest BCUT2D eigenvalue weighted by Gasteiger charge is 2.04. The first-order valence-corrected chi connectivity index (χ1v) is 9.11. The summed E-state index contributed by atoms with van der Waals surface area (Å²) in [6, 6.07) is 14.3. The van der Waals surface area contributed by atoms with Crippen LogP contribution in [0.15, 0.2) is 48.5 Å². The zero-order valence-electron chi connectivity index (χ0n) is 14.0. The third-order valence-corrected chi connectivity index (χ3v) is 3.76. The fourth-order valence-corrected chi connectivity index (χ4v) is 2.35. The van der Waals surface area contributed by atoms with Crippen LogP contribution in [-0.4, -0.2) is 36.9 Å². The predicted octanol–water partition coefficient (Wildman–Crippen LogP) is 4.07. The molecule has 4 amide bonds. The molecule has 2 aromatic rings. The van der Waals surface area contributed by atoms with Crippen molar-refractivity contribution in [3.05, 3.63) is 48.5 Å². The van der Waals surface area contributed by atoms with Gasteiger partial charge in [-0.15, -0.1) is 23.2 Å². The molecule has 0 aromatic heterocycles. The van der Waals surface area contributed by atoms with Crippen LogP contribution < -0.4 is 21.3 Å². The Hall–Kier alpha value is -2.44. The molecule has 4 N–H and O–H groups in total. The molecule has 0 unspecified atom stereocenters. The summed E-state index contributed by atoms with van der Waals surface area (Å²) < 4.78 is 0. The summed E-state index contributed by atoms with van der Waals surface area (Å²) in [5, 5.41) is 10.7. The Morgan fingerprint density at radius 1 is 0.654 bits per heavy atom. The molecule has 6 nitrogen and oxygen atoms in total. The van der Waals surface area contributed by atoms with Crippen LogP contribution >= 0.6 is 23.2 Å².